The average molecular weight is 272 g/mol. The van der Waals surface area contributed by atoms with Crippen LogP contribution in [0, 0.1) is 0 Å². The lowest BCUT2D eigenvalue weighted by molar-refractivity contribution is -0.119. The van der Waals surface area contributed by atoms with Gasteiger partial charge >= 0.3 is 6.16 Å². The third kappa shape index (κ3) is 5.54. The largest absolute Gasteiger partial charge is 0.514 e. The van der Waals surface area contributed by atoms with E-state index in [2.05, 4.69) is 5.32 Å². The molecule has 0 saturated carbocycles. The topological polar surface area (TPSA) is 64.6 Å². The summed E-state index contributed by atoms with van der Waals surface area (Å²) in [6.07, 6.45) is -1.47. The van der Waals surface area contributed by atoms with Gasteiger partial charge in [0, 0.05) is 6.92 Å². The Morgan fingerprint density at radius 3 is 2.56 bits per heavy atom. The maximum absolute atomic E-state index is 11.4. The summed E-state index contributed by atoms with van der Waals surface area (Å²) in [7, 11) is 0. The molecule has 98 valence electrons. The molecule has 1 aromatic carbocycles. The second kappa shape index (κ2) is 7.55. The predicted octanol–water partition coefficient (Wildman–Crippen LogP) is 1.95. The van der Waals surface area contributed by atoms with Crippen LogP contribution in [0.4, 0.5) is 4.79 Å². The molecule has 0 aliphatic heterocycles. The minimum Gasteiger partial charge on any atom is -0.428 e. The number of hydrogen-bond acceptors (Lipinski definition) is 4. The van der Waals surface area contributed by atoms with E-state index in [1.165, 1.54) is 6.92 Å². The van der Waals surface area contributed by atoms with E-state index in [9.17, 15) is 9.59 Å². The first-order valence-corrected chi connectivity index (χ1v) is 5.89. The second-order valence-electron chi connectivity index (χ2n) is 3.50. The Morgan fingerprint density at radius 2 is 2.00 bits per heavy atom. The summed E-state index contributed by atoms with van der Waals surface area (Å²) >= 11 is 5.61. The van der Waals surface area contributed by atoms with Gasteiger partial charge < -0.3 is 14.8 Å². The van der Waals surface area contributed by atoms with Crippen molar-refractivity contribution in [2.24, 2.45) is 0 Å². The quantitative estimate of drug-likeness (QED) is 0.505. The van der Waals surface area contributed by atoms with Crippen molar-refractivity contribution in [1.82, 2.24) is 5.32 Å². The van der Waals surface area contributed by atoms with Crippen LogP contribution in [0.3, 0.4) is 0 Å². The summed E-state index contributed by atoms with van der Waals surface area (Å²) < 4.78 is 9.87. The molecule has 1 amide bonds. The Kier molecular flexibility index (Phi) is 6.00. The zero-order valence-electron chi connectivity index (χ0n) is 9.89. The Bertz CT molecular complexity index is 396. The van der Waals surface area contributed by atoms with Gasteiger partial charge in [0.25, 0.3) is 0 Å². The van der Waals surface area contributed by atoms with Crippen molar-refractivity contribution >= 4 is 23.7 Å². The number of nitrogens with one attached hydrogen (secondary N) is 1. The number of carbonyl (C=O) groups excluding carboxylic acids is 2. The van der Waals surface area contributed by atoms with Gasteiger partial charge in [-0.3, -0.25) is 4.79 Å². The van der Waals surface area contributed by atoms with Crippen LogP contribution in [-0.4, -0.2) is 30.6 Å². The zero-order valence-corrected chi connectivity index (χ0v) is 10.6. The van der Waals surface area contributed by atoms with Crippen LogP contribution < -0.4 is 10.1 Å². The van der Waals surface area contributed by atoms with E-state index in [-0.39, 0.29) is 18.3 Å². The number of hydrogen-bond donors (Lipinski definition) is 1. The van der Waals surface area contributed by atoms with Crippen molar-refractivity contribution in [1.29, 1.82) is 0 Å². The third-order valence-electron chi connectivity index (χ3n) is 1.96. The van der Waals surface area contributed by atoms with E-state index in [0.717, 1.165) is 0 Å². The molecular weight excluding hydrogens is 258 g/mol. The number of alkyl halides is 1. The van der Waals surface area contributed by atoms with E-state index in [1.807, 2.05) is 0 Å². The summed E-state index contributed by atoms with van der Waals surface area (Å²) in [5, 5.41) is 2.51. The normalized spacial score (nSPS) is 11.4. The van der Waals surface area contributed by atoms with Gasteiger partial charge in [-0.05, 0) is 12.1 Å². The SMILES string of the molecule is CC(=O)NCC(CCl)OC(=O)Oc1ccccc1. The highest BCUT2D eigenvalue weighted by molar-refractivity contribution is 6.18. The van der Waals surface area contributed by atoms with E-state index in [4.69, 9.17) is 21.1 Å². The van der Waals surface area contributed by atoms with Gasteiger partial charge in [0.15, 0.2) is 0 Å². The number of para-hydroxylation sites is 1. The third-order valence-corrected chi connectivity index (χ3v) is 2.30. The number of amides is 1. The second-order valence-corrected chi connectivity index (χ2v) is 3.80. The van der Waals surface area contributed by atoms with E-state index in [0.29, 0.717) is 5.75 Å². The molecule has 0 heterocycles. The van der Waals surface area contributed by atoms with E-state index in [1.54, 1.807) is 30.3 Å². The molecule has 18 heavy (non-hydrogen) atoms. The van der Waals surface area contributed by atoms with Gasteiger partial charge in [-0.1, -0.05) is 18.2 Å². The lowest BCUT2D eigenvalue weighted by atomic mass is 10.3. The molecule has 1 unspecified atom stereocenters. The highest BCUT2D eigenvalue weighted by atomic mass is 35.5. The number of benzene rings is 1. The fraction of sp³-hybridized carbons (Fsp3) is 0.333. The first-order valence-electron chi connectivity index (χ1n) is 5.35. The van der Waals surface area contributed by atoms with Crippen molar-refractivity contribution < 1.29 is 19.1 Å². The van der Waals surface area contributed by atoms with Crippen molar-refractivity contribution in [2.75, 3.05) is 12.4 Å². The van der Waals surface area contributed by atoms with Crippen molar-refractivity contribution in [3.63, 3.8) is 0 Å². The van der Waals surface area contributed by atoms with Gasteiger partial charge in [-0.25, -0.2) is 4.79 Å². The van der Waals surface area contributed by atoms with Crippen molar-refractivity contribution in [3.8, 4) is 5.75 Å². The molecule has 1 aromatic rings. The van der Waals surface area contributed by atoms with E-state index >= 15 is 0 Å². The van der Waals surface area contributed by atoms with Gasteiger partial charge in [0.1, 0.15) is 11.9 Å². The average Bonchev–Trinajstić information content (AvgIpc) is 2.35. The standard InChI is InChI=1S/C12H14ClNO4/c1-9(15)14-8-11(7-13)18-12(16)17-10-5-3-2-4-6-10/h2-6,11H,7-8H2,1H3,(H,14,15). The molecule has 0 aliphatic carbocycles. The Labute approximate surface area is 110 Å². The van der Waals surface area contributed by atoms with Crippen molar-refractivity contribution in [2.45, 2.75) is 13.0 Å². The van der Waals surface area contributed by atoms with Crippen LogP contribution in [0.15, 0.2) is 30.3 Å². The molecule has 1 N–H and O–H groups in total. The van der Waals surface area contributed by atoms with Crippen LogP contribution in [0.2, 0.25) is 0 Å². The summed E-state index contributed by atoms with van der Waals surface area (Å²) in [5.74, 6) is 0.241. The Balaban J connectivity index is 2.40. The molecule has 0 spiro atoms. The first-order chi connectivity index (χ1) is 8.61. The molecule has 1 rings (SSSR count). The zero-order chi connectivity index (χ0) is 13.4. The molecule has 0 aromatic heterocycles. The predicted molar refractivity (Wildman–Crippen MR) is 66.7 cm³/mol. The van der Waals surface area contributed by atoms with Gasteiger partial charge in [0.05, 0.1) is 12.4 Å². The maximum atomic E-state index is 11.4. The van der Waals surface area contributed by atoms with Crippen molar-refractivity contribution in [3.05, 3.63) is 30.3 Å². The first kappa shape index (κ1) is 14.3. The summed E-state index contributed by atoms with van der Waals surface area (Å²) in [4.78, 5) is 22.1. The monoisotopic (exact) mass is 271 g/mol. The maximum Gasteiger partial charge on any atom is 0.514 e. The summed E-state index contributed by atoms with van der Waals surface area (Å²) in [6, 6.07) is 8.53. The van der Waals surface area contributed by atoms with Crippen LogP contribution in [0.5, 0.6) is 5.75 Å². The fourth-order valence-corrected chi connectivity index (χ4v) is 1.30. The Hall–Kier alpha value is -1.75. The van der Waals surface area contributed by atoms with E-state index < -0.39 is 12.3 Å². The highest BCUT2D eigenvalue weighted by Gasteiger charge is 2.15. The van der Waals surface area contributed by atoms with Crippen LogP contribution in [0.1, 0.15) is 6.92 Å². The molecule has 6 heteroatoms. The highest BCUT2D eigenvalue weighted by Crippen LogP contribution is 2.10. The lowest BCUT2D eigenvalue weighted by Gasteiger charge is -2.15. The molecule has 0 fully saturated rings. The minimum atomic E-state index is -0.850. The van der Waals surface area contributed by atoms with Crippen LogP contribution >= 0.6 is 11.6 Å². The van der Waals surface area contributed by atoms with Crippen LogP contribution in [-0.2, 0) is 9.53 Å². The Morgan fingerprint density at radius 1 is 1.33 bits per heavy atom. The molecular formula is C12H14ClNO4. The molecule has 0 bridgehead atoms. The number of ether oxygens (including phenoxy) is 2. The van der Waals surface area contributed by atoms with Gasteiger partial charge in [0.2, 0.25) is 5.91 Å². The van der Waals surface area contributed by atoms with Crippen LogP contribution in [0.25, 0.3) is 0 Å². The smallest absolute Gasteiger partial charge is 0.428 e. The summed E-state index contributed by atoms with van der Waals surface area (Å²) in [5.41, 5.74) is 0. The number of rotatable bonds is 5. The number of halogens is 1. The molecule has 1 atom stereocenters. The number of carbonyl (C=O) groups is 2. The molecule has 0 aliphatic rings. The van der Waals surface area contributed by atoms with Gasteiger partial charge in [-0.15, -0.1) is 11.6 Å². The summed E-state index contributed by atoms with van der Waals surface area (Å²) in [6.45, 7) is 1.52. The fourth-order valence-electron chi connectivity index (χ4n) is 1.13. The van der Waals surface area contributed by atoms with Gasteiger partial charge in [-0.2, -0.15) is 0 Å². The molecule has 5 nitrogen and oxygen atoms in total. The lowest BCUT2D eigenvalue weighted by Crippen LogP contribution is -2.35. The molecule has 0 saturated heterocycles. The molecule has 0 radical (unpaired) electrons. The minimum absolute atomic E-state index is 0.0736.